The van der Waals surface area contributed by atoms with Crippen molar-refractivity contribution in [2.24, 2.45) is 0 Å². The monoisotopic (exact) mass is 171 g/mol. The van der Waals surface area contributed by atoms with Gasteiger partial charge in [-0.2, -0.15) is 0 Å². The van der Waals surface area contributed by atoms with Crippen LogP contribution in [0.4, 0.5) is 4.79 Å². The van der Waals surface area contributed by atoms with Crippen LogP contribution >= 0.6 is 0 Å². The van der Waals surface area contributed by atoms with Gasteiger partial charge in [0.1, 0.15) is 0 Å². The summed E-state index contributed by atoms with van der Waals surface area (Å²) in [5.41, 5.74) is 0. The van der Waals surface area contributed by atoms with Crippen LogP contribution in [0.3, 0.4) is 0 Å². The number of nitrogens with zero attached hydrogens (tertiary/aromatic N) is 1. The number of likely N-dealkylation sites (tertiary alicyclic amines) is 1. The van der Waals surface area contributed by atoms with Gasteiger partial charge in [-0.3, -0.25) is 0 Å². The molecule has 0 spiro atoms. The van der Waals surface area contributed by atoms with Gasteiger partial charge in [-0.05, 0) is 19.9 Å². The number of rotatable bonds is 1. The average molecular weight is 171 g/mol. The average Bonchev–Trinajstić information content (AvgIpc) is 2.17. The lowest BCUT2D eigenvalue weighted by molar-refractivity contribution is 0.180. The smallest absolute Gasteiger partial charge is 0.317 e. The number of nitrogens with one attached hydrogen (secondary N) is 2. The molecule has 2 amide bonds. The van der Waals surface area contributed by atoms with Gasteiger partial charge in [0.2, 0.25) is 0 Å². The first-order chi connectivity index (χ1) is 5.77. The lowest BCUT2D eigenvalue weighted by Gasteiger charge is -2.31. The molecule has 1 heterocycles. The van der Waals surface area contributed by atoms with Crippen LogP contribution in [-0.2, 0) is 0 Å². The molecule has 4 nitrogen and oxygen atoms in total. The summed E-state index contributed by atoms with van der Waals surface area (Å²) in [6, 6.07) is 0.635. The number of hydrogen-bond acceptors (Lipinski definition) is 2. The van der Waals surface area contributed by atoms with Gasteiger partial charge in [0.15, 0.2) is 0 Å². The van der Waals surface area contributed by atoms with Crippen LogP contribution in [0.15, 0.2) is 0 Å². The zero-order valence-corrected chi connectivity index (χ0v) is 7.76. The van der Waals surface area contributed by atoms with Crippen LogP contribution < -0.4 is 10.6 Å². The summed E-state index contributed by atoms with van der Waals surface area (Å²) in [6.07, 6.45) is 2.12. The third-order valence-electron chi connectivity index (χ3n) is 2.40. The Hall–Kier alpha value is -0.770. The Morgan fingerprint density at radius 3 is 2.33 bits per heavy atom. The summed E-state index contributed by atoms with van der Waals surface area (Å²) in [5.74, 6) is 0. The van der Waals surface area contributed by atoms with Gasteiger partial charge in [-0.25, -0.2) is 4.79 Å². The number of carbonyl (C=O) groups excluding carboxylic acids is 1. The highest BCUT2D eigenvalue weighted by Crippen LogP contribution is 2.09. The summed E-state index contributed by atoms with van der Waals surface area (Å²) in [6.45, 7) is 1.73. The molecule has 0 aliphatic carbocycles. The predicted octanol–water partition coefficient (Wildman–Crippen LogP) is 0.00960. The number of amides is 2. The molecule has 1 aliphatic rings. The van der Waals surface area contributed by atoms with Gasteiger partial charge < -0.3 is 15.5 Å². The first kappa shape index (κ1) is 9.32. The highest BCUT2D eigenvalue weighted by molar-refractivity contribution is 5.73. The van der Waals surface area contributed by atoms with Gasteiger partial charge >= 0.3 is 6.03 Å². The molecule has 0 bridgehead atoms. The molecule has 0 atom stereocenters. The number of hydrogen-bond donors (Lipinski definition) is 2. The second-order valence-corrected chi connectivity index (χ2v) is 3.11. The van der Waals surface area contributed by atoms with Crippen molar-refractivity contribution in [1.82, 2.24) is 15.5 Å². The fraction of sp³-hybridized carbons (Fsp3) is 0.875. The summed E-state index contributed by atoms with van der Waals surface area (Å²) in [4.78, 5) is 13.0. The second-order valence-electron chi connectivity index (χ2n) is 3.11. The molecular weight excluding hydrogens is 154 g/mol. The molecule has 1 aliphatic heterocycles. The lowest BCUT2D eigenvalue weighted by atomic mass is 10.1. The Balaban J connectivity index is 2.30. The zero-order chi connectivity index (χ0) is 8.97. The van der Waals surface area contributed by atoms with E-state index in [2.05, 4.69) is 10.6 Å². The molecule has 70 valence electrons. The van der Waals surface area contributed by atoms with E-state index in [1.807, 2.05) is 11.9 Å². The highest BCUT2D eigenvalue weighted by atomic mass is 16.2. The van der Waals surface area contributed by atoms with Crippen LogP contribution in [0.5, 0.6) is 0 Å². The summed E-state index contributed by atoms with van der Waals surface area (Å²) in [5, 5.41) is 5.86. The van der Waals surface area contributed by atoms with E-state index in [1.165, 1.54) is 0 Å². The lowest BCUT2D eigenvalue weighted by Crippen LogP contribution is -2.46. The van der Waals surface area contributed by atoms with Crippen molar-refractivity contribution in [2.75, 3.05) is 27.2 Å². The summed E-state index contributed by atoms with van der Waals surface area (Å²) < 4.78 is 0. The SMILES string of the molecule is CNC(=O)N1CCC(NC)CC1. The minimum absolute atomic E-state index is 0.0459. The van der Waals surface area contributed by atoms with E-state index < -0.39 is 0 Å². The van der Waals surface area contributed by atoms with Crippen LogP contribution in [-0.4, -0.2) is 44.2 Å². The number of carbonyl (C=O) groups is 1. The molecule has 1 fully saturated rings. The van der Waals surface area contributed by atoms with Crippen LogP contribution in [0.2, 0.25) is 0 Å². The summed E-state index contributed by atoms with van der Waals surface area (Å²) in [7, 11) is 3.65. The molecule has 0 radical (unpaired) electrons. The summed E-state index contributed by atoms with van der Waals surface area (Å²) >= 11 is 0. The number of urea groups is 1. The van der Waals surface area contributed by atoms with Crippen LogP contribution in [0.25, 0.3) is 0 Å². The van der Waals surface area contributed by atoms with E-state index in [0.717, 1.165) is 25.9 Å². The minimum atomic E-state index is 0.0459. The third-order valence-corrected chi connectivity index (χ3v) is 2.40. The van der Waals surface area contributed by atoms with Crippen LogP contribution in [0.1, 0.15) is 12.8 Å². The highest BCUT2D eigenvalue weighted by Gasteiger charge is 2.20. The van der Waals surface area contributed by atoms with E-state index >= 15 is 0 Å². The standard InChI is InChI=1S/C8H17N3O/c1-9-7-3-5-11(6-4-7)8(12)10-2/h7,9H,3-6H2,1-2H3,(H,10,12). The molecule has 0 unspecified atom stereocenters. The first-order valence-electron chi connectivity index (χ1n) is 4.42. The van der Waals surface area contributed by atoms with Crippen molar-refractivity contribution in [3.05, 3.63) is 0 Å². The van der Waals surface area contributed by atoms with Gasteiger partial charge in [0.25, 0.3) is 0 Å². The van der Waals surface area contributed by atoms with E-state index in [0.29, 0.717) is 6.04 Å². The molecule has 0 aromatic rings. The Bertz CT molecular complexity index is 152. The maximum atomic E-state index is 11.2. The van der Waals surface area contributed by atoms with E-state index in [-0.39, 0.29) is 6.03 Å². The third kappa shape index (κ3) is 2.11. The van der Waals surface area contributed by atoms with Gasteiger partial charge in [0, 0.05) is 26.2 Å². The van der Waals surface area contributed by atoms with Crippen LogP contribution in [0, 0.1) is 0 Å². The predicted molar refractivity (Wildman–Crippen MR) is 48.1 cm³/mol. The van der Waals surface area contributed by atoms with E-state index in [9.17, 15) is 4.79 Å². The van der Waals surface area contributed by atoms with Gasteiger partial charge in [0.05, 0.1) is 0 Å². The van der Waals surface area contributed by atoms with Crippen molar-refractivity contribution in [3.63, 3.8) is 0 Å². The maximum Gasteiger partial charge on any atom is 0.317 e. The molecular formula is C8H17N3O. The Morgan fingerprint density at radius 2 is 1.92 bits per heavy atom. The van der Waals surface area contributed by atoms with Crippen molar-refractivity contribution in [2.45, 2.75) is 18.9 Å². The quantitative estimate of drug-likeness (QED) is 0.583. The molecule has 0 aromatic heterocycles. The van der Waals surface area contributed by atoms with Crippen molar-refractivity contribution in [1.29, 1.82) is 0 Å². The van der Waals surface area contributed by atoms with E-state index in [1.54, 1.807) is 7.05 Å². The molecule has 0 aromatic carbocycles. The topological polar surface area (TPSA) is 44.4 Å². The van der Waals surface area contributed by atoms with Gasteiger partial charge in [-0.15, -0.1) is 0 Å². The largest absolute Gasteiger partial charge is 0.341 e. The molecule has 2 N–H and O–H groups in total. The molecule has 1 rings (SSSR count). The van der Waals surface area contributed by atoms with E-state index in [4.69, 9.17) is 0 Å². The number of piperidine rings is 1. The zero-order valence-electron chi connectivity index (χ0n) is 7.76. The second kappa shape index (κ2) is 4.30. The molecule has 0 saturated carbocycles. The van der Waals surface area contributed by atoms with Crippen molar-refractivity contribution in [3.8, 4) is 0 Å². The first-order valence-corrected chi connectivity index (χ1v) is 4.42. The van der Waals surface area contributed by atoms with Crippen molar-refractivity contribution >= 4 is 6.03 Å². The van der Waals surface area contributed by atoms with Crippen molar-refractivity contribution < 1.29 is 4.79 Å². The fourth-order valence-electron chi connectivity index (χ4n) is 1.53. The maximum absolute atomic E-state index is 11.2. The normalized spacial score (nSPS) is 19.3. The van der Waals surface area contributed by atoms with Gasteiger partial charge in [-0.1, -0.05) is 0 Å². The Labute approximate surface area is 73.3 Å². The fourth-order valence-corrected chi connectivity index (χ4v) is 1.53. The minimum Gasteiger partial charge on any atom is -0.341 e. The molecule has 12 heavy (non-hydrogen) atoms. The molecule has 1 saturated heterocycles. The Kier molecular flexibility index (Phi) is 3.34. The Morgan fingerprint density at radius 1 is 1.33 bits per heavy atom. The molecule has 4 heteroatoms.